The predicted octanol–water partition coefficient (Wildman–Crippen LogP) is 2.25. The molecule has 0 atom stereocenters. The maximum atomic E-state index is 2.42. The van der Waals surface area contributed by atoms with Gasteiger partial charge in [0.15, 0.2) is 0 Å². The average molecular weight is 206 g/mol. The Kier molecular flexibility index (Phi) is 1.38. The first kappa shape index (κ1) is 8.58. The fourth-order valence-electron chi connectivity index (χ4n) is 3.27. The number of hydrogen-bond donors (Lipinski definition) is 0. The summed E-state index contributed by atoms with van der Waals surface area (Å²) in [5.41, 5.74) is 7.66. The van der Waals surface area contributed by atoms with Crippen LogP contribution in [-0.2, 0) is 6.42 Å². The summed E-state index contributed by atoms with van der Waals surface area (Å²) < 4.78 is 0. The summed E-state index contributed by atoms with van der Waals surface area (Å²) in [6.45, 7) is 4.59. The minimum Gasteiger partial charge on any atom is -0.0610 e. The van der Waals surface area contributed by atoms with Crippen LogP contribution in [0.1, 0.15) is 30.5 Å². The topological polar surface area (TPSA) is 0 Å². The van der Waals surface area contributed by atoms with Crippen molar-refractivity contribution < 1.29 is 0 Å². The predicted molar refractivity (Wildman–Crippen MR) is 69.1 cm³/mol. The molecule has 0 nitrogen and oxygen atoms in total. The number of benzene rings is 1. The van der Waals surface area contributed by atoms with E-state index in [9.17, 15) is 0 Å². The van der Waals surface area contributed by atoms with Crippen molar-refractivity contribution in [3.05, 3.63) is 44.8 Å². The van der Waals surface area contributed by atoms with Crippen LogP contribution in [0.15, 0.2) is 17.7 Å². The molecule has 0 heteroatoms. The maximum absolute atomic E-state index is 2.42. The van der Waals surface area contributed by atoms with Gasteiger partial charge in [0, 0.05) is 0 Å². The van der Waals surface area contributed by atoms with E-state index in [1.165, 1.54) is 28.0 Å². The SMILES string of the molecule is CC(C)C1=Cc2c3c4c(cc2=C1C3)C=CC=4. The molecule has 0 unspecified atom stereocenters. The van der Waals surface area contributed by atoms with Gasteiger partial charge in [-0.3, -0.25) is 0 Å². The largest absolute Gasteiger partial charge is 0.0610 e. The van der Waals surface area contributed by atoms with Crippen molar-refractivity contribution in [2.75, 3.05) is 0 Å². The Balaban J connectivity index is 2.11. The maximum Gasteiger partial charge on any atom is -0.000444 e. The van der Waals surface area contributed by atoms with Gasteiger partial charge in [0.2, 0.25) is 0 Å². The van der Waals surface area contributed by atoms with E-state index in [0.29, 0.717) is 5.92 Å². The lowest BCUT2D eigenvalue weighted by molar-refractivity contribution is 0.797. The van der Waals surface area contributed by atoms with E-state index in [4.69, 9.17) is 0 Å². The lowest BCUT2D eigenvalue weighted by Crippen LogP contribution is -2.15. The fraction of sp³-hybridized carbons (Fsp3) is 0.250. The Morgan fingerprint density at radius 1 is 1.25 bits per heavy atom. The third-order valence-electron chi connectivity index (χ3n) is 4.04. The molecule has 0 spiro atoms. The van der Waals surface area contributed by atoms with Gasteiger partial charge in [-0.15, -0.1) is 0 Å². The minimum atomic E-state index is 0.657. The van der Waals surface area contributed by atoms with Crippen LogP contribution in [0.3, 0.4) is 0 Å². The second kappa shape index (κ2) is 2.57. The Morgan fingerprint density at radius 2 is 2.12 bits per heavy atom. The number of hydrogen-bond acceptors (Lipinski definition) is 0. The molecule has 0 radical (unpaired) electrons. The van der Waals surface area contributed by atoms with E-state index in [0.717, 1.165) is 0 Å². The second-order valence-electron chi connectivity index (χ2n) is 5.25. The quantitative estimate of drug-likeness (QED) is 0.661. The van der Waals surface area contributed by atoms with Gasteiger partial charge in [0.05, 0.1) is 0 Å². The van der Waals surface area contributed by atoms with Gasteiger partial charge in [-0.2, -0.15) is 0 Å². The van der Waals surface area contributed by atoms with Crippen LogP contribution in [0.25, 0.3) is 23.8 Å². The summed E-state index contributed by atoms with van der Waals surface area (Å²) in [4.78, 5) is 0. The Morgan fingerprint density at radius 3 is 2.94 bits per heavy atom. The highest BCUT2D eigenvalue weighted by Crippen LogP contribution is 2.36. The van der Waals surface area contributed by atoms with Crippen molar-refractivity contribution in [3.8, 4) is 0 Å². The molecule has 1 aromatic carbocycles. The van der Waals surface area contributed by atoms with Crippen LogP contribution in [0.2, 0.25) is 0 Å². The molecule has 0 fully saturated rings. The highest BCUT2D eigenvalue weighted by atomic mass is 14.3. The van der Waals surface area contributed by atoms with Gasteiger partial charge in [-0.1, -0.05) is 38.2 Å². The zero-order valence-corrected chi connectivity index (χ0v) is 9.67. The molecular formula is C16H14. The van der Waals surface area contributed by atoms with Crippen LogP contribution in [0, 0.1) is 5.92 Å². The second-order valence-corrected chi connectivity index (χ2v) is 5.25. The molecular weight excluding hydrogens is 192 g/mol. The van der Waals surface area contributed by atoms with Crippen LogP contribution in [0.5, 0.6) is 0 Å². The molecule has 0 N–H and O–H groups in total. The molecule has 3 aliphatic carbocycles. The lowest BCUT2D eigenvalue weighted by atomic mass is 9.90. The van der Waals surface area contributed by atoms with Crippen molar-refractivity contribution in [1.82, 2.24) is 0 Å². The molecule has 0 amide bonds. The van der Waals surface area contributed by atoms with Gasteiger partial charge in [0.25, 0.3) is 0 Å². The molecule has 16 heavy (non-hydrogen) atoms. The van der Waals surface area contributed by atoms with Crippen LogP contribution < -0.4 is 10.4 Å². The standard InChI is InChI=1S/C16H14/c1-9(2)12-7-16-13-6-10-4-3-5-11(10)14(16)8-15(12)13/h3-7,9H,8H2,1-2H3. The van der Waals surface area contributed by atoms with Gasteiger partial charge in [-0.25, -0.2) is 0 Å². The van der Waals surface area contributed by atoms with E-state index in [1.54, 1.807) is 16.7 Å². The first-order valence-electron chi connectivity index (χ1n) is 6.05. The zero-order chi connectivity index (χ0) is 10.9. The van der Waals surface area contributed by atoms with E-state index in [2.05, 4.69) is 44.2 Å². The van der Waals surface area contributed by atoms with Crippen molar-refractivity contribution in [3.63, 3.8) is 0 Å². The Labute approximate surface area is 95.3 Å². The summed E-state index contributed by atoms with van der Waals surface area (Å²) in [5, 5.41) is 2.98. The molecule has 4 rings (SSSR count). The van der Waals surface area contributed by atoms with Gasteiger partial charge < -0.3 is 0 Å². The molecule has 78 valence electrons. The third kappa shape index (κ3) is 0.824. The van der Waals surface area contributed by atoms with Crippen molar-refractivity contribution >= 4 is 23.8 Å². The van der Waals surface area contributed by atoms with Gasteiger partial charge >= 0.3 is 0 Å². The van der Waals surface area contributed by atoms with Crippen LogP contribution in [0.4, 0.5) is 0 Å². The molecule has 0 aliphatic heterocycles. The highest BCUT2D eigenvalue weighted by Gasteiger charge is 2.28. The van der Waals surface area contributed by atoms with Crippen molar-refractivity contribution in [1.29, 1.82) is 0 Å². The minimum absolute atomic E-state index is 0.657. The summed E-state index contributed by atoms with van der Waals surface area (Å²) >= 11 is 0. The summed E-state index contributed by atoms with van der Waals surface area (Å²) in [6, 6.07) is 2.38. The Hall–Kier alpha value is -1.56. The van der Waals surface area contributed by atoms with Crippen molar-refractivity contribution in [2.24, 2.45) is 5.92 Å². The van der Waals surface area contributed by atoms with E-state index in [1.807, 2.05) is 0 Å². The zero-order valence-electron chi connectivity index (χ0n) is 9.67. The molecule has 0 saturated carbocycles. The highest BCUT2D eigenvalue weighted by molar-refractivity contribution is 5.91. The molecule has 3 aliphatic rings. The van der Waals surface area contributed by atoms with Gasteiger partial charge in [-0.05, 0) is 56.7 Å². The smallest absolute Gasteiger partial charge is 0.000444 e. The first-order valence-corrected chi connectivity index (χ1v) is 6.05. The summed E-state index contributed by atoms with van der Waals surface area (Å²) in [5.74, 6) is 0.657. The van der Waals surface area contributed by atoms with Crippen LogP contribution in [-0.4, -0.2) is 0 Å². The Bertz CT molecular complexity index is 695. The fourth-order valence-corrected chi connectivity index (χ4v) is 3.27. The van der Waals surface area contributed by atoms with E-state index in [-0.39, 0.29) is 0 Å². The van der Waals surface area contributed by atoms with E-state index < -0.39 is 0 Å². The molecule has 0 saturated heterocycles. The van der Waals surface area contributed by atoms with E-state index >= 15 is 0 Å². The lowest BCUT2D eigenvalue weighted by Gasteiger charge is -2.14. The molecule has 0 heterocycles. The normalized spacial score (nSPS) is 18.2. The first-order chi connectivity index (χ1) is 7.75. The monoisotopic (exact) mass is 206 g/mol. The molecule has 4 bridgehead atoms. The molecule has 0 aromatic heterocycles. The average Bonchev–Trinajstić information content (AvgIpc) is 2.91. The third-order valence-corrected chi connectivity index (χ3v) is 4.04. The number of allylic oxidation sites excluding steroid dienone is 2. The van der Waals surface area contributed by atoms with Gasteiger partial charge in [0.1, 0.15) is 0 Å². The summed E-state index contributed by atoms with van der Waals surface area (Å²) in [7, 11) is 0. The molecule has 1 aromatic rings. The van der Waals surface area contributed by atoms with Crippen molar-refractivity contribution in [2.45, 2.75) is 20.3 Å². The number of fused-ring (bicyclic) bond motifs is 2. The van der Waals surface area contributed by atoms with Crippen LogP contribution >= 0.6 is 0 Å². The number of rotatable bonds is 1. The summed E-state index contributed by atoms with van der Waals surface area (Å²) in [6.07, 6.45) is 10.2.